The molecule has 0 spiro atoms. The van der Waals surface area contributed by atoms with Gasteiger partial charge in [-0.05, 0) is 41.5 Å². The monoisotopic (exact) mass is 785 g/mol. The number of hydrogen-bond donors (Lipinski definition) is 0. The van der Waals surface area contributed by atoms with E-state index in [0.717, 1.165) is 0 Å². The first-order valence-corrected chi connectivity index (χ1v) is 26.3. The van der Waals surface area contributed by atoms with E-state index < -0.39 is 53.1 Å². The number of esters is 3. The van der Waals surface area contributed by atoms with Crippen LogP contribution in [0.1, 0.15) is 83.8 Å². The van der Waals surface area contributed by atoms with Crippen LogP contribution in [0.25, 0.3) is 11.4 Å². The molecule has 0 saturated carbocycles. The molecule has 0 fully saturated rings. The average Bonchev–Trinajstić information content (AvgIpc) is 2.93. The molecule has 0 aliphatic rings. The third kappa shape index (κ3) is 13.6. The summed E-state index contributed by atoms with van der Waals surface area (Å²) in [6, 6.07) is 11.3. The van der Waals surface area contributed by atoms with Crippen molar-refractivity contribution in [2.24, 2.45) is 0 Å². The van der Waals surface area contributed by atoms with Gasteiger partial charge in [-0.3, -0.25) is 9.59 Å². The van der Waals surface area contributed by atoms with Crippen LogP contribution in [0.2, 0.25) is 14.8 Å². The first kappa shape index (κ1) is 39.8. The molecule has 0 aliphatic heterocycles. The first-order chi connectivity index (χ1) is 22.5. The first-order valence-electron chi connectivity index (χ1n) is 16.3. The fraction of sp³-hybridized carbons (Fsp3) is 0.528. The Hall–Kier alpha value is -3.65. The molecule has 3 aromatic rings. The fourth-order valence-electron chi connectivity index (χ4n) is 4.65. The molecular formula is C36H51N5O7Sn. The zero-order valence-electron chi connectivity index (χ0n) is 31.0. The van der Waals surface area contributed by atoms with Crippen LogP contribution in [0.5, 0.6) is 5.75 Å². The topological polar surface area (TPSA) is 143 Å². The zero-order valence-corrected chi connectivity index (χ0v) is 33.8. The molecule has 266 valence electrons. The maximum absolute atomic E-state index is 13.4. The Morgan fingerprint density at radius 1 is 0.714 bits per heavy atom. The van der Waals surface area contributed by atoms with E-state index >= 15 is 0 Å². The van der Waals surface area contributed by atoms with Crippen molar-refractivity contribution < 1.29 is 33.3 Å². The summed E-state index contributed by atoms with van der Waals surface area (Å²) in [6.45, 7) is 16.0. The van der Waals surface area contributed by atoms with Gasteiger partial charge in [0.2, 0.25) is 0 Å². The van der Waals surface area contributed by atoms with E-state index in [9.17, 15) is 14.4 Å². The fourth-order valence-corrected chi connectivity index (χ4v) is 7.96. The molecule has 1 heterocycles. The molecule has 0 radical (unpaired) electrons. The van der Waals surface area contributed by atoms with Gasteiger partial charge < -0.3 is 9.47 Å². The molecule has 0 aliphatic carbocycles. The van der Waals surface area contributed by atoms with E-state index in [4.69, 9.17) is 18.9 Å². The second-order valence-corrected chi connectivity index (χ2v) is 30.4. The van der Waals surface area contributed by atoms with Crippen molar-refractivity contribution in [2.45, 2.75) is 107 Å². The van der Waals surface area contributed by atoms with E-state index in [1.165, 1.54) is 9.91 Å². The molecule has 49 heavy (non-hydrogen) atoms. The van der Waals surface area contributed by atoms with Gasteiger partial charge >= 0.3 is 217 Å². The van der Waals surface area contributed by atoms with E-state index in [0.29, 0.717) is 28.0 Å². The molecule has 0 N–H and O–H groups in total. The Morgan fingerprint density at radius 3 is 1.76 bits per heavy atom. The van der Waals surface area contributed by atoms with Crippen LogP contribution in [-0.2, 0) is 37.0 Å². The van der Waals surface area contributed by atoms with Gasteiger partial charge in [0.05, 0.1) is 0 Å². The molecule has 13 heteroatoms. The summed E-state index contributed by atoms with van der Waals surface area (Å²) in [5.74, 6) is -0.687. The SMILES string of the molecule is CC(C)(C)OC(=O)CN(CC(=O)OC(C)(C)C)Cc1ccc(-c2nncnn2)cc1OCc1cc[c]([Sn]([CH3])([CH3])[CH3])cc1C(=O)OC(C)(C)C. The summed E-state index contributed by atoms with van der Waals surface area (Å²) >= 11 is -2.56. The summed E-state index contributed by atoms with van der Waals surface area (Å²) in [4.78, 5) is 47.8. The zero-order chi connectivity index (χ0) is 36.8. The van der Waals surface area contributed by atoms with E-state index in [2.05, 4.69) is 41.3 Å². The number of nitrogens with zero attached hydrogens (tertiary/aromatic N) is 5. The van der Waals surface area contributed by atoms with Crippen molar-refractivity contribution in [3.05, 3.63) is 59.4 Å². The van der Waals surface area contributed by atoms with Gasteiger partial charge in [0.1, 0.15) is 11.2 Å². The minimum absolute atomic E-state index is 0.0370. The van der Waals surface area contributed by atoms with E-state index in [1.54, 1.807) is 58.6 Å². The van der Waals surface area contributed by atoms with Gasteiger partial charge in [-0.25, -0.2) is 0 Å². The van der Waals surface area contributed by atoms with Crippen LogP contribution < -0.4 is 8.32 Å². The predicted molar refractivity (Wildman–Crippen MR) is 189 cm³/mol. The maximum atomic E-state index is 13.4. The Morgan fingerprint density at radius 2 is 1.24 bits per heavy atom. The molecule has 0 saturated heterocycles. The van der Waals surface area contributed by atoms with Gasteiger partial charge in [0.15, 0.2) is 6.33 Å². The number of rotatable bonds is 12. The molecule has 3 rings (SSSR count). The van der Waals surface area contributed by atoms with Crippen molar-refractivity contribution in [3.8, 4) is 17.1 Å². The van der Waals surface area contributed by atoms with Gasteiger partial charge in [-0.2, -0.15) is 0 Å². The quantitative estimate of drug-likeness (QED) is 0.130. The molecule has 2 aromatic carbocycles. The van der Waals surface area contributed by atoms with Crippen LogP contribution in [0.15, 0.2) is 42.7 Å². The summed E-state index contributed by atoms with van der Waals surface area (Å²) < 4.78 is 24.6. The third-order valence-electron chi connectivity index (χ3n) is 6.65. The molecule has 0 atom stereocenters. The predicted octanol–water partition coefficient (Wildman–Crippen LogP) is 5.50. The van der Waals surface area contributed by atoms with Crippen molar-refractivity contribution in [1.82, 2.24) is 25.3 Å². The van der Waals surface area contributed by atoms with Crippen LogP contribution in [0, 0.1) is 0 Å². The molecule has 1 aromatic heterocycles. The Bertz CT molecular complexity index is 1590. The van der Waals surface area contributed by atoms with Crippen LogP contribution in [0.4, 0.5) is 0 Å². The summed E-state index contributed by atoms with van der Waals surface area (Å²) in [7, 11) is 0. The molecular weight excluding hydrogens is 733 g/mol. The van der Waals surface area contributed by atoms with Crippen LogP contribution in [-0.4, -0.2) is 91.5 Å². The second-order valence-electron chi connectivity index (χ2n) is 15.9. The van der Waals surface area contributed by atoms with E-state index in [-0.39, 0.29) is 32.1 Å². The van der Waals surface area contributed by atoms with Crippen molar-refractivity contribution in [3.63, 3.8) is 0 Å². The van der Waals surface area contributed by atoms with Gasteiger partial charge in [-0.15, -0.1) is 0 Å². The Balaban J connectivity index is 2.04. The average molecular weight is 785 g/mol. The Kier molecular flexibility index (Phi) is 12.9. The van der Waals surface area contributed by atoms with Gasteiger partial charge in [0, 0.05) is 0 Å². The van der Waals surface area contributed by atoms with Crippen molar-refractivity contribution in [1.29, 1.82) is 0 Å². The number of aromatic nitrogens is 4. The number of carbonyl (C=O) groups excluding carboxylic acids is 3. The summed E-state index contributed by atoms with van der Waals surface area (Å²) in [6.07, 6.45) is 1.24. The van der Waals surface area contributed by atoms with Crippen molar-refractivity contribution in [2.75, 3.05) is 13.1 Å². The molecule has 0 amide bonds. The van der Waals surface area contributed by atoms with Crippen LogP contribution >= 0.6 is 0 Å². The number of benzene rings is 2. The molecule has 0 bridgehead atoms. The molecule has 12 nitrogen and oxygen atoms in total. The summed E-state index contributed by atoms with van der Waals surface area (Å²) in [5, 5.41) is 15.9. The number of carbonyl (C=O) groups is 3. The van der Waals surface area contributed by atoms with E-state index in [1.807, 2.05) is 39.0 Å². The van der Waals surface area contributed by atoms with Crippen LogP contribution in [0.3, 0.4) is 0 Å². The number of ether oxygens (including phenoxy) is 4. The normalized spacial score (nSPS) is 12.4. The standard InChI is InChI=1S/C33H42N5O7.3CH3.Sn/c1-31(2,3)43-27(39)18-38(19-28(40)44-32(4,5)6)17-23-15-14-22(29-36-34-21-35-37-29)16-26(23)42-20-24-12-10-11-13-25(24)30(41)45-33(7,8)9;;;;/h10,12-16,21H,17-20H2,1-9H3;3*1H3;. The second kappa shape index (κ2) is 15.9. The third-order valence-corrected chi connectivity index (χ3v) is 12.5. The summed E-state index contributed by atoms with van der Waals surface area (Å²) in [5.41, 5.74) is 0.266. The van der Waals surface area contributed by atoms with Crippen molar-refractivity contribution >= 4 is 39.9 Å². The molecule has 0 unspecified atom stereocenters. The van der Waals surface area contributed by atoms with Gasteiger partial charge in [0.25, 0.3) is 0 Å². The number of hydrogen-bond acceptors (Lipinski definition) is 12. The Labute approximate surface area is 294 Å². The minimum atomic E-state index is -2.56. The van der Waals surface area contributed by atoms with Gasteiger partial charge in [-0.1, -0.05) is 0 Å².